The fourth-order valence-corrected chi connectivity index (χ4v) is 6.00. The second-order valence-electron chi connectivity index (χ2n) is 9.73. The average molecular weight is 616 g/mol. The van der Waals surface area contributed by atoms with Crippen molar-refractivity contribution in [2.75, 3.05) is 31.6 Å². The standard InChI is InChI=1S/C31H38ClN3O6S/c1-6-18-33-31(37)27(7-2)34(20-23-10-13-25(40-4)14-11-23)30(36)21-35(28-19-24(32)12-17-29(28)41-5)42(38,39)26-15-8-22(3)9-16-26/h8-17,19,27H,6-7,18,20-21H2,1-5H3,(H,33,37)/t27-/m1/s1. The van der Waals surface area contributed by atoms with Crippen molar-refractivity contribution in [1.29, 1.82) is 0 Å². The molecule has 0 spiro atoms. The first-order valence-electron chi connectivity index (χ1n) is 13.7. The SMILES string of the molecule is CCCNC(=O)[C@@H](CC)N(Cc1ccc(OC)cc1)C(=O)CN(c1cc(Cl)ccc1OC)S(=O)(=O)c1ccc(C)cc1. The fraction of sp³-hybridized carbons (Fsp3) is 0.355. The lowest BCUT2D eigenvalue weighted by molar-refractivity contribution is -0.140. The highest BCUT2D eigenvalue weighted by Crippen LogP contribution is 2.35. The van der Waals surface area contributed by atoms with Gasteiger partial charge >= 0.3 is 0 Å². The van der Waals surface area contributed by atoms with Crippen molar-refractivity contribution >= 4 is 39.1 Å². The average Bonchev–Trinajstić information content (AvgIpc) is 2.99. The van der Waals surface area contributed by atoms with E-state index in [1.54, 1.807) is 55.6 Å². The van der Waals surface area contributed by atoms with Crippen LogP contribution in [0.2, 0.25) is 5.02 Å². The Morgan fingerprint density at radius 3 is 2.19 bits per heavy atom. The minimum absolute atomic E-state index is 0.00244. The Morgan fingerprint density at radius 1 is 0.952 bits per heavy atom. The van der Waals surface area contributed by atoms with Gasteiger partial charge < -0.3 is 19.7 Å². The molecule has 9 nitrogen and oxygen atoms in total. The maximum atomic E-state index is 14.2. The molecule has 0 aliphatic heterocycles. The topological polar surface area (TPSA) is 105 Å². The molecule has 42 heavy (non-hydrogen) atoms. The van der Waals surface area contributed by atoms with Crippen LogP contribution in [0.25, 0.3) is 0 Å². The summed E-state index contributed by atoms with van der Waals surface area (Å²) < 4.78 is 39.9. The van der Waals surface area contributed by atoms with Crippen molar-refractivity contribution in [3.05, 3.63) is 82.9 Å². The van der Waals surface area contributed by atoms with E-state index < -0.39 is 28.5 Å². The van der Waals surface area contributed by atoms with E-state index in [4.69, 9.17) is 21.1 Å². The molecular formula is C31H38ClN3O6S. The lowest BCUT2D eigenvalue weighted by Crippen LogP contribution is -2.52. The molecule has 0 unspecified atom stereocenters. The minimum Gasteiger partial charge on any atom is -0.497 e. The molecule has 3 aromatic rings. The highest BCUT2D eigenvalue weighted by Gasteiger charge is 2.34. The molecule has 1 N–H and O–H groups in total. The third-order valence-electron chi connectivity index (χ3n) is 6.74. The largest absolute Gasteiger partial charge is 0.497 e. The van der Waals surface area contributed by atoms with Gasteiger partial charge in [0.05, 0.1) is 24.8 Å². The zero-order valence-corrected chi connectivity index (χ0v) is 26.2. The maximum absolute atomic E-state index is 14.2. The normalized spacial score (nSPS) is 11.9. The Morgan fingerprint density at radius 2 is 1.62 bits per heavy atom. The van der Waals surface area contributed by atoms with Crippen LogP contribution >= 0.6 is 11.6 Å². The van der Waals surface area contributed by atoms with Crippen LogP contribution in [0.5, 0.6) is 11.5 Å². The summed E-state index contributed by atoms with van der Waals surface area (Å²) in [6.07, 6.45) is 1.05. The molecule has 0 radical (unpaired) electrons. The Balaban J connectivity index is 2.11. The molecule has 11 heteroatoms. The molecular weight excluding hydrogens is 578 g/mol. The van der Waals surface area contributed by atoms with Gasteiger partial charge in [-0.05, 0) is 67.8 Å². The third kappa shape index (κ3) is 7.95. The monoisotopic (exact) mass is 615 g/mol. The number of carbonyl (C=O) groups excluding carboxylic acids is 2. The maximum Gasteiger partial charge on any atom is 0.264 e. The van der Waals surface area contributed by atoms with Gasteiger partial charge in [0.15, 0.2) is 0 Å². The van der Waals surface area contributed by atoms with Crippen LogP contribution in [-0.2, 0) is 26.2 Å². The fourth-order valence-electron chi connectivity index (χ4n) is 4.42. The van der Waals surface area contributed by atoms with Gasteiger partial charge in [0.25, 0.3) is 10.0 Å². The summed E-state index contributed by atoms with van der Waals surface area (Å²) >= 11 is 6.29. The number of carbonyl (C=O) groups is 2. The van der Waals surface area contributed by atoms with Gasteiger partial charge in [0, 0.05) is 18.1 Å². The van der Waals surface area contributed by atoms with Gasteiger partial charge in [-0.3, -0.25) is 13.9 Å². The number of hydrogen-bond acceptors (Lipinski definition) is 6. The van der Waals surface area contributed by atoms with Gasteiger partial charge in [-0.15, -0.1) is 0 Å². The van der Waals surface area contributed by atoms with E-state index in [-0.39, 0.29) is 33.8 Å². The van der Waals surface area contributed by atoms with Crippen LogP contribution in [-0.4, -0.2) is 58.5 Å². The van der Waals surface area contributed by atoms with Gasteiger partial charge in [0.2, 0.25) is 11.8 Å². The number of nitrogens with one attached hydrogen (secondary N) is 1. The van der Waals surface area contributed by atoms with Crippen LogP contribution in [0.15, 0.2) is 71.6 Å². The molecule has 3 rings (SSSR count). The molecule has 0 saturated carbocycles. The summed E-state index contributed by atoms with van der Waals surface area (Å²) in [6.45, 7) is 5.53. The number of rotatable bonds is 14. The summed E-state index contributed by atoms with van der Waals surface area (Å²) in [5.41, 5.74) is 1.73. The Labute approximate surface area is 253 Å². The third-order valence-corrected chi connectivity index (χ3v) is 8.75. The molecule has 0 aliphatic rings. The summed E-state index contributed by atoms with van der Waals surface area (Å²) in [5, 5.41) is 3.14. The summed E-state index contributed by atoms with van der Waals surface area (Å²) in [6, 6.07) is 17.2. The predicted molar refractivity (Wildman–Crippen MR) is 165 cm³/mol. The van der Waals surface area contributed by atoms with Gasteiger partial charge in [-0.1, -0.05) is 55.3 Å². The lowest BCUT2D eigenvalue weighted by atomic mass is 10.1. The first-order valence-corrected chi connectivity index (χ1v) is 15.5. The number of halogens is 1. The molecule has 0 heterocycles. The number of hydrogen-bond donors (Lipinski definition) is 1. The summed E-state index contributed by atoms with van der Waals surface area (Å²) in [7, 11) is -1.30. The van der Waals surface area contributed by atoms with Crippen LogP contribution in [0.1, 0.15) is 37.8 Å². The molecule has 0 bridgehead atoms. The van der Waals surface area contributed by atoms with E-state index in [0.717, 1.165) is 21.9 Å². The first-order chi connectivity index (χ1) is 20.0. The van der Waals surface area contributed by atoms with Crippen molar-refractivity contribution in [1.82, 2.24) is 10.2 Å². The van der Waals surface area contributed by atoms with E-state index in [1.807, 2.05) is 20.8 Å². The summed E-state index contributed by atoms with van der Waals surface area (Å²) in [5.74, 6) is -0.0124. The molecule has 0 aliphatic carbocycles. The van der Waals surface area contributed by atoms with Gasteiger partial charge in [-0.25, -0.2) is 8.42 Å². The van der Waals surface area contributed by atoms with E-state index in [1.165, 1.54) is 30.2 Å². The second kappa shape index (κ2) is 14.9. The van der Waals surface area contributed by atoms with E-state index in [2.05, 4.69) is 5.32 Å². The van der Waals surface area contributed by atoms with E-state index >= 15 is 0 Å². The molecule has 0 fully saturated rings. The van der Waals surface area contributed by atoms with Crippen molar-refractivity contribution in [2.45, 2.75) is 51.1 Å². The van der Waals surface area contributed by atoms with E-state index in [9.17, 15) is 18.0 Å². The lowest BCUT2D eigenvalue weighted by Gasteiger charge is -2.33. The van der Waals surface area contributed by atoms with Crippen molar-refractivity contribution in [3.63, 3.8) is 0 Å². The highest BCUT2D eigenvalue weighted by atomic mass is 35.5. The quantitative estimate of drug-likeness (QED) is 0.267. The Hall–Kier alpha value is -3.76. The van der Waals surface area contributed by atoms with E-state index in [0.29, 0.717) is 18.7 Å². The van der Waals surface area contributed by atoms with Crippen LogP contribution < -0.4 is 19.1 Å². The molecule has 1 atom stereocenters. The van der Waals surface area contributed by atoms with Crippen molar-refractivity contribution in [2.24, 2.45) is 0 Å². The molecule has 2 amide bonds. The molecule has 0 aromatic heterocycles. The molecule has 3 aromatic carbocycles. The number of sulfonamides is 1. The first kappa shape index (κ1) is 32.8. The van der Waals surface area contributed by atoms with Crippen LogP contribution in [0.4, 0.5) is 5.69 Å². The highest BCUT2D eigenvalue weighted by molar-refractivity contribution is 7.92. The smallest absolute Gasteiger partial charge is 0.264 e. The summed E-state index contributed by atoms with van der Waals surface area (Å²) in [4.78, 5) is 28.8. The Kier molecular flexibility index (Phi) is 11.6. The van der Waals surface area contributed by atoms with Crippen LogP contribution in [0, 0.1) is 6.92 Å². The van der Waals surface area contributed by atoms with Crippen LogP contribution in [0.3, 0.4) is 0 Å². The Bertz CT molecular complexity index is 1460. The predicted octanol–water partition coefficient (Wildman–Crippen LogP) is 5.19. The van der Waals surface area contributed by atoms with Crippen molar-refractivity contribution < 1.29 is 27.5 Å². The van der Waals surface area contributed by atoms with Crippen molar-refractivity contribution in [3.8, 4) is 11.5 Å². The number of nitrogens with zero attached hydrogens (tertiary/aromatic N) is 2. The second-order valence-corrected chi connectivity index (χ2v) is 12.0. The van der Waals surface area contributed by atoms with Gasteiger partial charge in [0.1, 0.15) is 24.1 Å². The number of benzene rings is 3. The number of anilines is 1. The zero-order chi connectivity index (χ0) is 30.9. The zero-order valence-electron chi connectivity index (χ0n) is 24.6. The number of aryl methyl sites for hydroxylation is 1. The minimum atomic E-state index is -4.27. The number of ether oxygens (including phenoxy) is 2. The number of amides is 2. The van der Waals surface area contributed by atoms with Gasteiger partial charge in [-0.2, -0.15) is 0 Å². The molecule has 226 valence electrons. The molecule has 0 saturated heterocycles. The number of methoxy groups -OCH3 is 2.